The molecule has 0 aliphatic carbocycles. The molecule has 2 heterocycles. The number of hydrogen-bond acceptors (Lipinski definition) is 3. The van der Waals surface area contributed by atoms with Crippen LogP contribution in [0.15, 0.2) is 36.3 Å². The van der Waals surface area contributed by atoms with Crippen LogP contribution in [0.5, 0.6) is 0 Å². The van der Waals surface area contributed by atoms with Gasteiger partial charge in [0.1, 0.15) is 0 Å². The fraction of sp³-hybridized carbons (Fsp3) is 0.167. The molecule has 0 unspecified atom stereocenters. The first-order chi connectivity index (χ1) is 8.08. The molecule has 17 heavy (non-hydrogen) atoms. The second kappa shape index (κ2) is 4.55. The van der Waals surface area contributed by atoms with Gasteiger partial charge in [-0.25, -0.2) is 0 Å². The SMILES string of the molecule is CC(=Cc1sc(-n2cccc2)cc1C)[N+](=O)[O-]. The van der Waals surface area contributed by atoms with Gasteiger partial charge in [0.05, 0.1) is 9.92 Å². The van der Waals surface area contributed by atoms with Gasteiger partial charge in [-0.2, -0.15) is 0 Å². The molecule has 0 N–H and O–H groups in total. The molecule has 0 fully saturated rings. The summed E-state index contributed by atoms with van der Waals surface area (Å²) in [5.41, 5.74) is 1.22. The zero-order valence-corrected chi connectivity index (χ0v) is 10.4. The standard InChI is InChI=1S/C12H12N2O2S/c1-9-7-12(13-5-3-4-6-13)17-11(9)8-10(2)14(15)16/h3-8H,1-2H3. The zero-order chi connectivity index (χ0) is 12.4. The topological polar surface area (TPSA) is 48.1 Å². The molecule has 0 amide bonds. The number of hydrogen-bond donors (Lipinski definition) is 0. The molecule has 2 aromatic heterocycles. The van der Waals surface area contributed by atoms with Crippen LogP contribution < -0.4 is 0 Å². The van der Waals surface area contributed by atoms with E-state index in [4.69, 9.17) is 0 Å². The largest absolute Gasteiger partial charge is 0.316 e. The Kier molecular flexibility index (Phi) is 3.10. The molecule has 0 spiro atoms. The Morgan fingerprint density at radius 2 is 2.12 bits per heavy atom. The van der Waals surface area contributed by atoms with Crippen molar-refractivity contribution in [3.05, 3.63) is 56.8 Å². The fourth-order valence-electron chi connectivity index (χ4n) is 1.47. The first kappa shape index (κ1) is 11.6. The van der Waals surface area contributed by atoms with Crippen LogP contribution in [0, 0.1) is 17.0 Å². The minimum absolute atomic E-state index is 0.161. The molecule has 0 saturated carbocycles. The van der Waals surface area contributed by atoms with Crippen molar-refractivity contribution >= 4 is 17.4 Å². The highest BCUT2D eigenvalue weighted by Gasteiger charge is 2.08. The lowest BCUT2D eigenvalue weighted by Crippen LogP contribution is -1.92. The summed E-state index contributed by atoms with van der Waals surface area (Å²) in [5.74, 6) is 0. The number of nitro groups is 1. The number of aryl methyl sites for hydroxylation is 1. The average molecular weight is 248 g/mol. The van der Waals surface area contributed by atoms with Gasteiger partial charge in [0, 0.05) is 30.3 Å². The molecule has 2 rings (SSSR count). The molecule has 0 saturated heterocycles. The van der Waals surface area contributed by atoms with E-state index in [9.17, 15) is 10.1 Å². The van der Waals surface area contributed by atoms with Crippen LogP contribution in [-0.4, -0.2) is 9.49 Å². The van der Waals surface area contributed by atoms with Crippen molar-refractivity contribution < 1.29 is 4.92 Å². The third-order valence-electron chi connectivity index (χ3n) is 2.43. The van der Waals surface area contributed by atoms with Crippen LogP contribution in [0.25, 0.3) is 11.1 Å². The van der Waals surface area contributed by atoms with E-state index in [1.54, 1.807) is 17.4 Å². The van der Waals surface area contributed by atoms with E-state index in [1.165, 1.54) is 6.92 Å². The molecular formula is C12H12N2O2S. The molecule has 2 aromatic rings. The first-order valence-electron chi connectivity index (χ1n) is 5.14. The van der Waals surface area contributed by atoms with Crippen LogP contribution in [0.3, 0.4) is 0 Å². The predicted octanol–water partition coefficient (Wildman–Crippen LogP) is 3.48. The summed E-state index contributed by atoms with van der Waals surface area (Å²) in [7, 11) is 0. The normalized spacial score (nSPS) is 11.8. The Bertz CT molecular complexity index is 567. The summed E-state index contributed by atoms with van der Waals surface area (Å²) >= 11 is 1.55. The number of nitrogens with zero attached hydrogens (tertiary/aromatic N) is 2. The Balaban J connectivity index is 2.38. The highest BCUT2D eigenvalue weighted by molar-refractivity contribution is 7.15. The molecule has 0 bridgehead atoms. The highest BCUT2D eigenvalue weighted by atomic mass is 32.1. The molecule has 0 aliphatic rings. The summed E-state index contributed by atoms with van der Waals surface area (Å²) in [6.07, 6.45) is 5.53. The van der Waals surface area contributed by atoms with E-state index >= 15 is 0 Å². The van der Waals surface area contributed by atoms with Gasteiger partial charge < -0.3 is 4.57 Å². The number of aromatic nitrogens is 1. The molecule has 0 radical (unpaired) electrons. The van der Waals surface area contributed by atoms with Crippen LogP contribution in [0.4, 0.5) is 0 Å². The fourth-order valence-corrected chi connectivity index (χ4v) is 2.61. The summed E-state index contributed by atoms with van der Waals surface area (Å²) in [6.45, 7) is 3.47. The second-order valence-electron chi connectivity index (χ2n) is 3.77. The molecule has 0 aromatic carbocycles. The number of allylic oxidation sites excluding steroid dienone is 1. The summed E-state index contributed by atoms with van der Waals surface area (Å²) in [6, 6.07) is 5.93. The zero-order valence-electron chi connectivity index (χ0n) is 9.58. The van der Waals surface area contributed by atoms with Crippen LogP contribution in [0.2, 0.25) is 0 Å². The summed E-state index contributed by atoms with van der Waals surface area (Å²) < 4.78 is 2.00. The number of thiophene rings is 1. The smallest absolute Gasteiger partial charge is 0.244 e. The summed E-state index contributed by atoms with van der Waals surface area (Å²) in [5, 5.41) is 11.7. The third kappa shape index (κ3) is 2.45. The maximum Gasteiger partial charge on any atom is 0.244 e. The predicted molar refractivity (Wildman–Crippen MR) is 69.0 cm³/mol. The van der Waals surface area contributed by atoms with Gasteiger partial charge in [0.15, 0.2) is 0 Å². The minimum Gasteiger partial charge on any atom is -0.316 e. The maximum absolute atomic E-state index is 10.6. The molecule has 4 nitrogen and oxygen atoms in total. The van der Waals surface area contributed by atoms with Crippen molar-refractivity contribution in [2.45, 2.75) is 13.8 Å². The Hall–Kier alpha value is -1.88. The van der Waals surface area contributed by atoms with Gasteiger partial charge in [0.25, 0.3) is 0 Å². The molecule has 0 aliphatic heterocycles. The van der Waals surface area contributed by atoms with Crippen molar-refractivity contribution in [3.8, 4) is 5.00 Å². The van der Waals surface area contributed by atoms with Crippen LogP contribution >= 0.6 is 11.3 Å². The average Bonchev–Trinajstić information content (AvgIpc) is 2.88. The van der Waals surface area contributed by atoms with E-state index in [2.05, 4.69) is 0 Å². The maximum atomic E-state index is 10.6. The molecule has 88 valence electrons. The van der Waals surface area contributed by atoms with Crippen molar-refractivity contribution in [3.63, 3.8) is 0 Å². The van der Waals surface area contributed by atoms with E-state index in [1.807, 2.05) is 42.1 Å². The van der Waals surface area contributed by atoms with E-state index in [0.29, 0.717) is 0 Å². The van der Waals surface area contributed by atoms with Crippen molar-refractivity contribution in [1.29, 1.82) is 0 Å². The van der Waals surface area contributed by atoms with Gasteiger partial charge in [-0.05, 0) is 30.7 Å². The van der Waals surface area contributed by atoms with Gasteiger partial charge >= 0.3 is 0 Å². The third-order valence-corrected chi connectivity index (χ3v) is 3.63. The summed E-state index contributed by atoms with van der Waals surface area (Å²) in [4.78, 5) is 11.2. The number of rotatable bonds is 3. The van der Waals surface area contributed by atoms with Gasteiger partial charge in [-0.1, -0.05) is 0 Å². The van der Waals surface area contributed by atoms with Crippen LogP contribution in [0.1, 0.15) is 17.4 Å². The Morgan fingerprint density at radius 1 is 1.47 bits per heavy atom. The van der Waals surface area contributed by atoms with Gasteiger partial charge in [-0.15, -0.1) is 11.3 Å². The lowest BCUT2D eigenvalue weighted by molar-refractivity contribution is -0.422. The second-order valence-corrected chi connectivity index (χ2v) is 4.83. The van der Waals surface area contributed by atoms with E-state index in [-0.39, 0.29) is 10.6 Å². The quantitative estimate of drug-likeness (QED) is 0.616. The molecular weight excluding hydrogens is 236 g/mol. The van der Waals surface area contributed by atoms with E-state index in [0.717, 1.165) is 15.4 Å². The molecule has 0 atom stereocenters. The van der Waals surface area contributed by atoms with Crippen molar-refractivity contribution in [2.75, 3.05) is 0 Å². The monoisotopic (exact) mass is 248 g/mol. The van der Waals surface area contributed by atoms with Crippen molar-refractivity contribution in [1.82, 2.24) is 4.57 Å². The first-order valence-corrected chi connectivity index (χ1v) is 5.96. The molecule has 5 heteroatoms. The van der Waals surface area contributed by atoms with E-state index < -0.39 is 0 Å². The lowest BCUT2D eigenvalue weighted by atomic mass is 10.2. The highest BCUT2D eigenvalue weighted by Crippen LogP contribution is 2.27. The van der Waals surface area contributed by atoms with Gasteiger partial charge in [0.2, 0.25) is 5.70 Å². The Morgan fingerprint density at radius 3 is 2.71 bits per heavy atom. The van der Waals surface area contributed by atoms with Crippen molar-refractivity contribution in [2.24, 2.45) is 0 Å². The Labute approximate surface area is 103 Å². The lowest BCUT2D eigenvalue weighted by Gasteiger charge is -1.94. The van der Waals surface area contributed by atoms with Crippen LogP contribution in [-0.2, 0) is 0 Å². The van der Waals surface area contributed by atoms with Gasteiger partial charge in [-0.3, -0.25) is 10.1 Å². The minimum atomic E-state index is -0.367.